The summed E-state index contributed by atoms with van der Waals surface area (Å²) in [6.45, 7) is 4.44. The van der Waals surface area contributed by atoms with E-state index >= 15 is 0 Å². The van der Waals surface area contributed by atoms with Crippen LogP contribution in [0.5, 0.6) is 0 Å². The molecule has 420 valence electrons. The number of carbonyl (C=O) groups excluding carboxylic acids is 2. The topological polar surface area (TPSA) is 233 Å². The smallest absolute Gasteiger partial charge is 0.382 e. The van der Waals surface area contributed by atoms with E-state index in [0.29, 0.717) is 22.4 Å². The zero-order valence-electron chi connectivity index (χ0n) is 41.9. The van der Waals surface area contributed by atoms with Gasteiger partial charge >= 0.3 is 18.4 Å². The number of aromatic nitrogens is 7. The van der Waals surface area contributed by atoms with Gasteiger partial charge in [-0.3, -0.25) is 9.78 Å². The summed E-state index contributed by atoms with van der Waals surface area (Å²) < 4.78 is 164. The summed E-state index contributed by atoms with van der Waals surface area (Å²) in [5.74, 6) is -5.03. The molecule has 0 aromatic carbocycles. The molecule has 1 aliphatic carbocycles. The fourth-order valence-electron chi connectivity index (χ4n) is 9.58. The highest BCUT2D eigenvalue weighted by Crippen LogP contribution is 2.42. The lowest BCUT2D eigenvalue weighted by molar-refractivity contribution is -0.170. The molecule has 7 heterocycles. The molecule has 0 spiro atoms. The van der Waals surface area contributed by atoms with Crippen LogP contribution in [0.3, 0.4) is 0 Å². The van der Waals surface area contributed by atoms with Gasteiger partial charge in [-0.2, -0.15) is 31.4 Å². The second-order valence-electron chi connectivity index (χ2n) is 19.1. The fourth-order valence-corrected chi connectivity index (χ4v) is 9.58. The van der Waals surface area contributed by atoms with E-state index < -0.39 is 109 Å². The van der Waals surface area contributed by atoms with Gasteiger partial charge in [-0.15, -0.1) is 0 Å². The predicted octanol–water partition coefficient (Wildman–Crippen LogP) is 5.35. The Morgan fingerprint density at radius 1 is 0.908 bits per heavy atom. The number of rotatable bonds is 24. The molecule has 0 bridgehead atoms. The predicted molar refractivity (Wildman–Crippen MR) is 244 cm³/mol. The largest absolute Gasteiger partial charge is 0.434 e. The molecule has 30 heteroatoms. The van der Waals surface area contributed by atoms with Crippen molar-refractivity contribution in [2.75, 3.05) is 91.6 Å². The number of anilines is 1. The summed E-state index contributed by atoms with van der Waals surface area (Å²) in [7, 11) is 1.34. The van der Waals surface area contributed by atoms with Crippen molar-refractivity contribution in [1.82, 2.24) is 50.0 Å². The molecule has 7 atom stereocenters. The van der Waals surface area contributed by atoms with Crippen LogP contribution in [0.1, 0.15) is 84.7 Å². The lowest BCUT2D eigenvalue weighted by atomic mass is 9.81. The monoisotopic (exact) mass is 1090 g/mol. The van der Waals surface area contributed by atoms with Gasteiger partial charge in [0.15, 0.2) is 22.8 Å². The van der Waals surface area contributed by atoms with Gasteiger partial charge < -0.3 is 58.3 Å². The number of nitrogens with one attached hydrogen (secondary N) is 2. The summed E-state index contributed by atoms with van der Waals surface area (Å²) in [6.07, 6.45) is -7.14. The van der Waals surface area contributed by atoms with Gasteiger partial charge in [-0.05, 0) is 50.8 Å². The number of halogens is 8. The number of hydrogen-bond donors (Lipinski definition) is 2. The van der Waals surface area contributed by atoms with Crippen molar-refractivity contribution in [2.45, 2.75) is 113 Å². The van der Waals surface area contributed by atoms with Gasteiger partial charge in [0.05, 0.1) is 121 Å². The Labute approximate surface area is 429 Å². The van der Waals surface area contributed by atoms with E-state index in [4.69, 9.17) is 37.9 Å². The minimum atomic E-state index is -4.79. The highest BCUT2D eigenvalue weighted by atomic mass is 19.4. The van der Waals surface area contributed by atoms with Crippen LogP contribution < -0.4 is 10.6 Å². The molecule has 0 radical (unpaired) electrons. The molecule has 3 aliphatic heterocycles. The van der Waals surface area contributed by atoms with Crippen molar-refractivity contribution in [3.05, 3.63) is 59.2 Å². The van der Waals surface area contributed by atoms with Crippen molar-refractivity contribution < 1.29 is 87.2 Å². The maximum atomic E-state index is 14.5. The number of carbonyl (C=O) groups is 2. The van der Waals surface area contributed by atoms with Gasteiger partial charge in [0.25, 0.3) is 5.91 Å². The van der Waals surface area contributed by atoms with E-state index in [2.05, 4.69) is 45.6 Å². The van der Waals surface area contributed by atoms with Gasteiger partial charge in [-0.1, -0.05) is 5.16 Å². The Kier molecular flexibility index (Phi) is 17.9. The Morgan fingerprint density at radius 2 is 1.59 bits per heavy atom. The van der Waals surface area contributed by atoms with Crippen molar-refractivity contribution >= 4 is 23.4 Å². The molecule has 4 aromatic heterocycles. The number of alkyl halides is 8. The zero-order valence-corrected chi connectivity index (χ0v) is 41.9. The summed E-state index contributed by atoms with van der Waals surface area (Å²) in [6, 6.07) is -4.02. The molecular weight excluding hydrogens is 1030 g/mol. The molecule has 8 rings (SSSR count). The minimum absolute atomic E-state index is 0.0144. The van der Waals surface area contributed by atoms with E-state index in [1.165, 1.54) is 43.2 Å². The molecule has 76 heavy (non-hydrogen) atoms. The first-order valence-electron chi connectivity index (χ1n) is 24.5. The molecule has 22 nitrogen and oxygen atoms in total. The van der Waals surface area contributed by atoms with Crippen LogP contribution in [0.2, 0.25) is 0 Å². The minimum Gasteiger partial charge on any atom is -0.382 e. The highest BCUT2D eigenvalue weighted by Gasteiger charge is 2.54. The normalized spacial score (nSPS) is 23.8. The molecule has 3 saturated heterocycles. The second-order valence-corrected chi connectivity index (χ2v) is 19.1. The zero-order chi connectivity index (χ0) is 54.4. The van der Waals surface area contributed by atoms with Crippen molar-refractivity contribution in [2.24, 2.45) is 5.92 Å². The SMILES string of the molecule is COC[C@H](c1cnn2cc([C@@H](NC(=O)c3nonc3C)C3CCC(F)(F)CC3)nc2c1)N1C[C@@H](C(F)(F)F)N(CCOCCOCCOCCOC[C@H]2OC[C@H](Nc3cncc(C(F)(F)F)n3)[C@H]3OC(C)(C)O[C@H]32)C1=O. The van der Waals surface area contributed by atoms with Crippen LogP contribution in [-0.2, 0) is 44.1 Å². The number of amides is 3. The number of fused-ring (bicyclic) bond motifs is 2. The van der Waals surface area contributed by atoms with Crippen molar-refractivity contribution in [3.63, 3.8) is 0 Å². The van der Waals surface area contributed by atoms with Crippen molar-refractivity contribution in [1.29, 1.82) is 0 Å². The Morgan fingerprint density at radius 3 is 2.25 bits per heavy atom. The molecule has 0 unspecified atom stereocenters. The number of urea groups is 1. The van der Waals surface area contributed by atoms with Crippen LogP contribution in [0.15, 0.2) is 35.5 Å². The highest BCUT2D eigenvalue weighted by molar-refractivity contribution is 5.93. The lowest BCUT2D eigenvalue weighted by Gasteiger charge is -2.37. The third kappa shape index (κ3) is 14.0. The number of ether oxygens (including phenoxy) is 8. The third-order valence-electron chi connectivity index (χ3n) is 13.3. The van der Waals surface area contributed by atoms with E-state index in [1.54, 1.807) is 13.8 Å². The molecule has 1 saturated carbocycles. The van der Waals surface area contributed by atoms with Crippen LogP contribution in [0.4, 0.5) is 45.7 Å². The Bertz CT molecular complexity index is 2570. The summed E-state index contributed by atoms with van der Waals surface area (Å²) in [5.41, 5.74) is -0.195. The molecular formula is C46H59F8N11O11. The number of imidazole rings is 1. The summed E-state index contributed by atoms with van der Waals surface area (Å²) in [4.78, 5) is 40.8. The number of methoxy groups -OCH3 is 1. The summed E-state index contributed by atoms with van der Waals surface area (Å²) >= 11 is 0. The molecule has 2 N–H and O–H groups in total. The average Bonchev–Trinajstić information content (AvgIpc) is 4.15. The van der Waals surface area contributed by atoms with Gasteiger partial charge in [0.2, 0.25) is 5.92 Å². The number of aryl methyl sites for hydroxylation is 1. The van der Waals surface area contributed by atoms with Crippen LogP contribution in [0, 0.1) is 12.8 Å². The van der Waals surface area contributed by atoms with Gasteiger partial charge in [0.1, 0.15) is 35.9 Å². The average molecular weight is 1090 g/mol. The molecule has 4 aromatic rings. The van der Waals surface area contributed by atoms with E-state index in [-0.39, 0.29) is 108 Å². The first kappa shape index (κ1) is 56.7. The second kappa shape index (κ2) is 24.0. The van der Waals surface area contributed by atoms with Crippen LogP contribution >= 0.6 is 0 Å². The quantitative estimate of drug-likeness (QED) is 0.0665. The Balaban J connectivity index is 0.765. The van der Waals surface area contributed by atoms with Gasteiger partial charge in [0, 0.05) is 32.1 Å². The third-order valence-corrected chi connectivity index (χ3v) is 13.3. The number of nitrogens with zero attached hydrogens (tertiary/aromatic N) is 9. The fraction of sp³-hybridized carbons (Fsp3) is 0.696. The maximum Gasteiger partial charge on any atom is 0.434 e. The van der Waals surface area contributed by atoms with Crippen LogP contribution in [-0.4, -0.2) is 191 Å². The molecule has 4 aliphatic rings. The number of hydrogen-bond acceptors (Lipinski definition) is 18. The first-order valence-corrected chi connectivity index (χ1v) is 24.5. The lowest BCUT2D eigenvalue weighted by Crippen LogP contribution is -2.55. The van der Waals surface area contributed by atoms with E-state index in [1.807, 2.05) is 0 Å². The first-order chi connectivity index (χ1) is 36.1. The molecule has 4 fully saturated rings. The van der Waals surface area contributed by atoms with Crippen LogP contribution in [0.25, 0.3) is 5.65 Å². The van der Waals surface area contributed by atoms with E-state index in [0.717, 1.165) is 4.90 Å². The summed E-state index contributed by atoms with van der Waals surface area (Å²) in [5, 5.41) is 17.5. The van der Waals surface area contributed by atoms with Gasteiger partial charge in [-0.25, -0.2) is 32.7 Å². The van der Waals surface area contributed by atoms with Crippen molar-refractivity contribution in [3.8, 4) is 0 Å². The Hall–Kier alpha value is -5.50. The standard InChI is InChI=1S/C46H59F8N11O11/c1-26-37(62-76-61-26)41(66)60-38(27-5-7-44(47,48)8-6-27)29-21-65-36(58-29)17-28(18-56-65)31(24-68-4)64-22-34(46(52,53)54)63(42(64)67)9-10-69-11-12-70-13-14-71-15-16-72-25-32-40-39(74-43(2,3)75-40)30(23-73-32)57-35-20-55-19-33(59-35)45(49,50)51/h17-21,27,30-32,34,38-40H,5-16,22-25H2,1-4H3,(H,57,59)(H,60,66)/t30-,31+,32+,34-,38-,39+,40-/m0/s1. The molecule has 3 amide bonds. The van der Waals surface area contributed by atoms with E-state index in [9.17, 15) is 44.7 Å². The maximum absolute atomic E-state index is 14.5.